The van der Waals surface area contributed by atoms with Gasteiger partial charge in [-0.05, 0) is 35.4 Å². The quantitative estimate of drug-likeness (QED) is 0.645. The fraction of sp³-hybridized carbons (Fsp3) is 0.167. The average molecular weight is 417 g/mol. The predicted molar refractivity (Wildman–Crippen MR) is 105 cm³/mol. The SMILES string of the molecule is CC1(c2sccc2Cl)CC(c2sccc2Cl)=C(C#N)C(=C(C#N)C#N)N1. The molecule has 0 aliphatic carbocycles. The van der Waals surface area contributed by atoms with E-state index in [-0.39, 0.29) is 16.8 Å². The number of hydrogen-bond donors (Lipinski definition) is 1. The molecule has 1 aliphatic heterocycles. The number of halogens is 2. The third-order valence-electron chi connectivity index (χ3n) is 4.08. The summed E-state index contributed by atoms with van der Waals surface area (Å²) in [6, 6.07) is 9.46. The van der Waals surface area contributed by atoms with Crippen molar-refractivity contribution in [2.24, 2.45) is 0 Å². The van der Waals surface area contributed by atoms with Crippen LogP contribution in [0, 0.1) is 34.0 Å². The molecule has 0 spiro atoms. The van der Waals surface area contributed by atoms with E-state index in [0.29, 0.717) is 22.0 Å². The molecule has 3 rings (SSSR count). The molecule has 1 atom stereocenters. The normalized spacial score (nSPS) is 19.3. The number of allylic oxidation sites excluding steroid dienone is 2. The van der Waals surface area contributed by atoms with Gasteiger partial charge in [-0.15, -0.1) is 22.7 Å². The Balaban J connectivity index is 2.33. The summed E-state index contributed by atoms with van der Waals surface area (Å²) in [5, 5.41) is 36.6. The van der Waals surface area contributed by atoms with Crippen molar-refractivity contribution in [1.82, 2.24) is 5.32 Å². The van der Waals surface area contributed by atoms with E-state index in [0.717, 1.165) is 9.75 Å². The molecule has 26 heavy (non-hydrogen) atoms. The number of hydrogen-bond acceptors (Lipinski definition) is 6. The standard InChI is InChI=1S/C18H10Cl2N4S2/c1-18(17-14(20)3-5-26-17)6-11(16-13(19)2-4-25-16)12(9-23)15(24-18)10(7-21)8-22/h2-5,24H,6H2,1H3. The van der Waals surface area contributed by atoms with E-state index in [9.17, 15) is 15.8 Å². The topological polar surface area (TPSA) is 83.4 Å². The van der Waals surface area contributed by atoms with Crippen molar-refractivity contribution < 1.29 is 0 Å². The molecule has 8 heteroatoms. The Morgan fingerprint density at radius 2 is 1.77 bits per heavy atom. The Morgan fingerprint density at radius 1 is 1.12 bits per heavy atom. The lowest BCUT2D eigenvalue weighted by Crippen LogP contribution is -2.42. The molecule has 1 N–H and O–H groups in total. The molecule has 4 nitrogen and oxygen atoms in total. The first-order valence-corrected chi connectivity index (χ1v) is 9.89. The summed E-state index contributed by atoms with van der Waals surface area (Å²) in [4.78, 5) is 1.63. The highest BCUT2D eigenvalue weighted by Gasteiger charge is 2.39. The van der Waals surface area contributed by atoms with Gasteiger partial charge >= 0.3 is 0 Å². The van der Waals surface area contributed by atoms with E-state index in [4.69, 9.17) is 23.2 Å². The molecule has 1 unspecified atom stereocenters. The highest BCUT2D eigenvalue weighted by atomic mass is 35.5. The monoisotopic (exact) mass is 416 g/mol. The highest BCUT2D eigenvalue weighted by molar-refractivity contribution is 7.12. The van der Waals surface area contributed by atoms with Crippen LogP contribution in [0.15, 0.2) is 39.7 Å². The molecule has 128 valence electrons. The molecule has 0 saturated carbocycles. The number of thiophene rings is 2. The second-order valence-corrected chi connectivity index (χ2v) is 8.41. The van der Waals surface area contributed by atoms with Gasteiger partial charge in [-0.25, -0.2) is 0 Å². The van der Waals surface area contributed by atoms with Crippen molar-refractivity contribution in [3.8, 4) is 18.2 Å². The molecule has 2 aromatic rings. The molecule has 1 aliphatic rings. The smallest absolute Gasteiger partial charge is 0.154 e. The van der Waals surface area contributed by atoms with Gasteiger partial charge in [0.15, 0.2) is 5.57 Å². The van der Waals surface area contributed by atoms with Gasteiger partial charge < -0.3 is 5.32 Å². The van der Waals surface area contributed by atoms with E-state index in [1.165, 1.54) is 22.7 Å². The maximum absolute atomic E-state index is 9.75. The van der Waals surface area contributed by atoms with Crippen molar-refractivity contribution in [3.63, 3.8) is 0 Å². The minimum absolute atomic E-state index is 0.148. The lowest BCUT2D eigenvalue weighted by atomic mass is 9.82. The number of nitrogens with one attached hydrogen (secondary N) is 1. The summed E-state index contributed by atoms with van der Waals surface area (Å²) in [5.74, 6) is 0. The molecule has 0 aromatic carbocycles. The number of rotatable bonds is 2. The van der Waals surface area contributed by atoms with E-state index in [2.05, 4.69) is 11.4 Å². The summed E-state index contributed by atoms with van der Waals surface area (Å²) in [7, 11) is 0. The van der Waals surface area contributed by atoms with E-state index < -0.39 is 5.54 Å². The highest BCUT2D eigenvalue weighted by Crippen LogP contribution is 2.47. The first kappa shape index (κ1) is 18.5. The summed E-state index contributed by atoms with van der Waals surface area (Å²) < 4.78 is 0. The summed E-state index contributed by atoms with van der Waals surface area (Å²) in [6.45, 7) is 1.94. The molecule has 0 radical (unpaired) electrons. The molecule has 0 amide bonds. The Labute approximate surface area is 168 Å². The Bertz CT molecular complexity index is 1060. The van der Waals surface area contributed by atoms with Gasteiger partial charge in [-0.2, -0.15) is 15.8 Å². The molecular formula is C18H10Cl2N4S2. The molecule has 0 saturated heterocycles. The van der Waals surface area contributed by atoms with Gasteiger partial charge in [-0.1, -0.05) is 23.2 Å². The van der Waals surface area contributed by atoms with Crippen LogP contribution >= 0.6 is 45.9 Å². The number of nitrogens with zero attached hydrogens (tertiary/aromatic N) is 3. The van der Waals surface area contributed by atoms with Crippen LogP contribution in [0.3, 0.4) is 0 Å². The number of nitriles is 3. The van der Waals surface area contributed by atoms with Gasteiger partial charge in [0.05, 0.1) is 31.7 Å². The molecular weight excluding hydrogens is 407 g/mol. The summed E-state index contributed by atoms with van der Waals surface area (Å²) in [6.07, 6.45) is 0.448. The molecule has 2 aromatic heterocycles. The largest absolute Gasteiger partial charge is 0.372 e. The van der Waals surface area contributed by atoms with Crippen LogP contribution in [0.4, 0.5) is 0 Å². The minimum atomic E-state index is -0.678. The zero-order valence-corrected chi connectivity index (χ0v) is 16.6. The van der Waals surface area contributed by atoms with Crippen LogP contribution in [0.5, 0.6) is 0 Å². The van der Waals surface area contributed by atoms with Crippen LogP contribution in [0.2, 0.25) is 10.0 Å². The first-order chi connectivity index (χ1) is 12.4. The van der Waals surface area contributed by atoms with Crippen molar-refractivity contribution in [3.05, 3.63) is 59.5 Å². The lowest BCUT2D eigenvalue weighted by Gasteiger charge is -2.38. The van der Waals surface area contributed by atoms with Gasteiger partial charge in [0.25, 0.3) is 0 Å². The Kier molecular flexibility index (Phi) is 5.10. The maximum atomic E-state index is 9.75. The lowest BCUT2D eigenvalue weighted by molar-refractivity contribution is 0.416. The van der Waals surface area contributed by atoms with Crippen LogP contribution < -0.4 is 5.32 Å². The predicted octanol–water partition coefficient (Wildman–Crippen LogP) is 5.60. The first-order valence-electron chi connectivity index (χ1n) is 7.38. The maximum Gasteiger partial charge on any atom is 0.154 e. The molecule has 0 fully saturated rings. The fourth-order valence-electron chi connectivity index (χ4n) is 2.95. The van der Waals surface area contributed by atoms with Crippen LogP contribution in [0.1, 0.15) is 23.1 Å². The zero-order valence-electron chi connectivity index (χ0n) is 13.4. The Morgan fingerprint density at radius 3 is 2.27 bits per heavy atom. The van der Waals surface area contributed by atoms with Gasteiger partial charge in [-0.3, -0.25) is 0 Å². The third-order valence-corrected chi connectivity index (χ3v) is 7.08. The summed E-state index contributed by atoms with van der Waals surface area (Å²) in [5.41, 5.74) is 0.358. The van der Waals surface area contributed by atoms with Crippen LogP contribution in [0.25, 0.3) is 5.57 Å². The van der Waals surface area contributed by atoms with Crippen molar-refractivity contribution in [2.75, 3.05) is 0 Å². The second kappa shape index (κ2) is 7.16. The molecule has 0 bridgehead atoms. The van der Waals surface area contributed by atoms with Gasteiger partial charge in [0.2, 0.25) is 0 Å². The summed E-state index contributed by atoms with van der Waals surface area (Å²) >= 11 is 15.6. The zero-order chi connectivity index (χ0) is 18.9. The second-order valence-electron chi connectivity index (χ2n) is 5.77. The Hall–Kier alpha value is -2.27. The van der Waals surface area contributed by atoms with Gasteiger partial charge in [0.1, 0.15) is 18.2 Å². The van der Waals surface area contributed by atoms with E-state index in [1.54, 1.807) is 12.1 Å². The van der Waals surface area contributed by atoms with Gasteiger partial charge in [0, 0.05) is 11.3 Å². The third kappa shape index (κ3) is 3.01. The van der Waals surface area contributed by atoms with Crippen molar-refractivity contribution >= 4 is 51.4 Å². The fourth-order valence-corrected chi connectivity index (χ4v) is 5.56. The van der Waals surface area contributed by atoms with Crippen LogP contribution in [-0.4, -0.2) is 0 Å². The average Bonchev–Trinajstić information content (AvgIpc) is 3.24. The van der Waals surface area contributed by atoms with E-state index in [1.807, 2.05) is 29.8 Å². The van der Waals surface area contributed by atoms with E-state index >= 15 is 0 Å². The van der Waals surface area contributed by atoms with Crippen molar-refractivity contribution in [1.29, 1.82) is 15.8 Å². The van der Waals surface area contributed by atoms with Crippen molar-refractivity contribution in [2.45, 2.75) is 18.9 Å². The minimum Gasteiger partial charge on any atom is -0.372 e. The molecule has 3 heterocycles. The van der Waals surface area contributed by atoms with Crippen LogP contribution in [-0.2, 0) is 5.54 Å².